The van der Waals surface area contributed by atoms with Crippen molar-refractivity contribution in [3.05, 3.63) is 134 Å². The van der Waals surface area contributed by atoms with E-state index in [1.165, 1.54) is 70.6 Å². The second kappa shape index (κ2) is 61.1. The number of allylic oxidation sites excluding steroid dienone is 22. The Balaban J connectivity index is 4.44. The van der Waals surface area contributed by atoms with Crippen LogP contribution in [0.15, 0.2) is 134 Å². The zero-order chi connectivity index (χ0) is 53.6. The van der Waals surface area contributed by atoms with Gasteiger partial charge in [-0.05, 0) is 116 Å². The topological polar surface area (TPSA) is 78.9 Å². The maximum Gasteiger partial charge on any atom is 0.306 e. The second-order valence-corrected chi connectivity index (χ2v) is 19.5. The van der Waals surface area contributed by atoms with E-state index in [1.807, 2.05) is 0 Å². The summed E-state index contributed by atoms with van der Waals surface area (Å²) in [6.45, 7) is 6.37. The second-order valence-electron chi connectivity index (χ2n) is 19.5. The van der Waals surface area contributed by atoms with Gasteiger partial charge in [-0.15, -0.1) is 0 Å². The number of esters is 3. The number of rotatable bonds is 53. The number of hydrogen-bond donors (Lipinski definition) is 0. The van der Waals surface area contributed by atoms with Crippen LogP contribution < -0.4 is 0 Å². The summed E-state index contributed by atoms with van der Waals surface area (Å²) < 4.78 is 16.8. The summed E-state index contributed by atoms with van der Waals surface area (Å²) in [6, 6.07) is 0. The Morgan fingerprint density at radius 1 is 0.284 bits per heavy atom. The quantitative estimate of drug-likeness (QED) is 0.0261. The van der Waals surface area contributed by atoms with Gasteiger partial charge in [0, 0.05) is 19.3 Å². The van der Waals surface area contributed by atoms with Crippen LogP contribution in [0, 0.1) is 0 Å². The molecule has 0 aliphatic rings. The minimum atomic E-state index is -0.806. The van der Waals surface area contributed by atoms with Crippen LogP contribution in [-0.4, -0.2) is 37.2 Å². The predicted molar refractivity (Wildman–Crippen MR) is 320 cm³/mol. The van der Waals surface area contributed by atoms with E-state index in [1.54, 1.807) is 0 Å². The van der Waals surface area contributed by atoms with Gasteiger partial charge in [-0.2, -0.15) is 0 Å². The van der Waals surface area contributed by atoms with Gasteiger partial charge in [0.05, 0.1) is 0 Å². The van der Waals surface area contributed by atoms with Gasteiger partial charge in [0.1, 0.15) is 13.2 Å². The molecule has 0 aromatic heterocycles. The van der Waals surface area contributed by atoms with E-state index in [0.29, 0.717) is 12.8 Å². The Morgan fingerprint density at radius 2 is 0.527 bits per heavy atom. The molecule has 0 amide bonds. The third kappa shape index (κ3) is 58.4. The van der Waals surface area contributed by atoms with Gasteiger partial charge in [0.15, 0.2) is 6.10 Å². The highest BCUT2D eigenvalue weighted by atomic mass is 16.6. The minimum Gasteiger partial charge on any atom is -0.462 e. The van der Waals surface area contributed by atoms with Crippen LogP contribution in [0.1, 0.15) is 258 Å². The molecule has 0 spiro atoms. The lowest BCUT2D eigenvalue weighted by atomic mass is 10.0. The van der Waals surface area contributed by atoms with Crippen molar-refractivity contribution in [3.63, 3.8) is 0 Å². The first-order valence-electron chi connectivity index (χ1n) is 30.2. The van der Waals surface area contributed by atoms with Crippen molar-refractivity contribution in [2.45, 2.75) is 264 Å². The van der Waals surface area contributed by atoms with Gasteiger partial charge in [-0.1, -0.05) is 257 Å². The Labute approximate surface area is 455 Å². The molecule has 0 rings (SSSR count). The SMILES string of the molecule is CC/C=C\C/C=C\C/C=C\C/C=C\C/C=C\C/C=C\CCCCCCCCC(=O)OCC(COC(=O)CCCCCCCCCCCCCC)OC(=O)CCCCC/C=C\C/C=C\C/C=C\C/C=C\C/C=C\CC. The number of ether oxygens (including phenoxy) is 3. The van der Waals surface area contributed by atoms with Crippen LogP contribution in [0.25, 0.3) is 0 Å². The van der Waals surface area contributed by atoms with Crippen molar-refractivity contribution in [2.75, 3.05) is 13.2 Å². The maximum atomic E-state index is 12.9. The molecule has 0 heterocycles. The monoisotopic (exact) mass is 1020 g/mol. The van der Waals surface area contributed by atoms with Crippen molar-refractivity contribution in [2.24, 2.45) is 0 Å². The van der Waals surface area contributed by atoms with Crippen LogP contribution in [0.2, 0.25) is 0 Å². The zero-order valence-electron chi connectivity index (χ0n) is 47.8. The number of unbranched alkanes of at least 4 members (excludes halogenated alkanes) is 20. The molecule has 418 valence electrons. The highest BCUT2D eigenvalue weighted by Crippen LogP contribution is 2.15. The van der Waals surface area contributed by atoms with E-state index in [2.05, 4.69) is 154 Å². The first-order chi connectivity index (χ1) is 36.5. The fourth-order valence-electron chi connectivity index (χ4n) is 7.94. The maximum absolute atomic E-state index is 12.9. The van der Waals surface area contributed by atoms with Crippen LogP contribution >= 0.6 is 0 Å². The smallest absolute Gasteiger partial charge is 0.306 e. The fourth-order valence-corrected chi connectivity index (χ4v) is 7.94. The molecule has 0 fully saturated rings. The summed E-state index contributed by atoms with van der Waals surface area (Å²) >= 11 is 0. The largest absolute Gasteiger partial charge is 0.462 e. The molecular weight excluding hydrogens is 913 g/mol. The third-order valence-electron chi connectivity index (χ3n) is 12.4. The molecule has 0 aliphatic heterocycles. The van der Waals surface area contributed by atoms with E-state index >= 15 is 0 Å². The Hall–Kier alpha value is -4.45. The van der Waals surface area contributed by atoms with Crippen LogP contribution in [0.3, 0.4) is 0 Å². The fraction of sp³-hybridized carbons (Fsp3) is 0.632. The summed E-state index contributed by atoms with van der Waals surface area (Å²) in [6.07, 6.45) is 85.9. The molecule has 0 aromatic carbocycles. The molecule has 0 saturated carbocycles. The number of carbonyl (C=O) groups is 3. The summed E-state index contributed by atoms with van der Waals surface area (Å²) in [5.74, 6) is -0.947. The lowest BCUT2D eigenvalue weighted by Crippen LogP contribution is -2.30. The van der Waals surface area contributed by atoms with Gasteiger partial charge in [-0.25, -0.2) is 0 Å². The standard InChI is InChI=1S/C68H110O6/c1-4-7-10-13-16-19-22-25-27-29-31-32-33-34-35-36-38-39-41-43-46-49-52-55-58-61-67(70)73-64-65(63-72-66(69)60-57-54-51-48-45-24-21-18-15-12-9-6-3)74-68(71)62-59-56-53-50-47-44-42-40-37-30-28-26-23-20-17-14-11-8-5-2/h7-8,10-11,16-17,19-20,25-28,31-32,34-35,37-40,44,47,65H,4-6,9,12-15,18,21-24,29-30,33,36,41-43,45-46,48-64H2,1-3H3/b10-7-,11-8-,19-16-,20-17-,27-25-,28-26-,32-31-,35-34-,39-38-,40-37-,47-44-. The first-order valence-corrected chi connectivity index (χ1v) is 30.2. The Morgan fingerprint density at radius 3 is 0.838 bits per heavy atom. The molecular formula is C68H110O6. The van der Waals surface area contributed by atoms with Gasteiger partial charge in [0.25, 0.3) is 0 Å². The van der Waals surface area contributed by atoms with E-state index in [9.17, 15) is 14.4 Å². The number of hydrogen-bond acceptors (Lipinski definition) is 6. The molecule has 0 aliphatic carbocycles. The molecule has 74 heavy (non-hydrogen) atoms. The van der Waals surface area contributed by atoms with Crippen molar-refractivity contribution in [3.8, 4) is 0 Å². The molecule has 6 heteroatoms. The minimum absolute atomic E-state index is 0.0985. The summed E-state index contributed by atoms with van der Waals surface area (Å²) in [5.41, 5.74) is 0. The lowest BCUT2D eigenvalue weighted by molar-refractivity contribution is -0.167. The molecule has 1 unspecified atom stereocenters. The van der Waals surface area contributed by atoms with E-state index in [0.717, 1.165) is 148 Å². The molecule has 6 nitrogen and oxygen atoms in total. The van der Waals surface area contributed by atoms with Crippen molar-refractivity contribution < 1.29 is 28.6 Å². The average molecular weight is 1020 g/mol. The van der Waals surface area contributed by atoms with Gasteiger partial charge >= 0.3 is 17.9 Å². The third-order valence-corrected chi connectivity index (χ3v) is 12.4. The highest BCUT2D eigenvalue weighted by molar-refractivity contribution is 5.71. The summed E-state index contributed by atoms with van der Waals surface area (Å²) in [5, 5.41) is 0. The lowest BCUT2D eigenvalue weighted by Gasteiger charge is -2.18. The molecule has 0 bridgehead atoms. The van der Waals surface area contributed by atoms with Crippen LogP contribution in [-0.2, 0) is 28.6 Å². The normalized spacial score (nSPS) is 13.1. The van der Waals surface area contributed by atoms with Crippen LogP contribution in [0.4, 0.5) is 0 Å². The molecule has 0 aromatic rings. The summed E-state index contributed by atoms with van der Waals surface area (Å²) in [7, 11) is 0. The van der Waals surface area contributed by atoms with Gasteiger partial charge in [0.2, 0.25) is 0 Å². The molecule has 1 atom stereocenters. The Kier molecular flexibility index (Phi) is 57.4. The molecule has 0 N–H and O–H groups in total. The van der Waals surface area contributed by atoms with E-state index < -0.39 is 6.10 Å². The predicted octanol–water partition coefficient (Wildman–Crippen LogP) is 20.6. The highest BCUT2D eigenvalue weighted by Gasteiger charge is 2.19. The first kappa shape index (κ1) is 69.5. The van der Waals surface area contributed by atoms with Crippen molar-refractivity contribution >= 4 is 17.9 Å². The molecule has 0 saturated heterocycles. The van der Waals surface area contributed by atoms with Gasteiger partial charge < -0.3 is 14.2 Å². The van der Waals surface area contributed by atoms with Crippen LogP contribution in [0.5, 0.6) is 0 Å². The van der Waals surface area contributed by atoms with E-state index in [-0.39, 0.29) is 37.5 Å². The number of carbonyl (C=O) groups excluding carboxylic acids is 3. The average Bonchev–Trinajstić information content (AvgIpc) is 3.40. The van der Waals surface area contributed by atoms with E-state index in [4.69, 9.17) is 14.2 Å². The van der Waals surface area contributed by atoms with Crippen molar-refractivity contribution in [1.82, 2.24) is 0 Å². The van der Waals surface area contributed by atoms with Crippen molar-refractivity contribution in [1.29, 1.82) is 0 Å². The van der Waals surface area contributed by atoms with Gasteiger partial charge in [-0.3, -0.25) is 14.4 Å². The zero-order valence-corrected chi connectivity index (χ0v) is 47.8. The summed E-state index contributed by atoms with van der Waals surface area (Å²) in [4.78, 5) is 38.2. The molecule has 0 radical (unpaired) electrons. The Bertz CT molecular complexity index is 1600.